The summed E-state index contributed by atoms with van der Waals surface area (Å²) in [6.07, 6.45) is 0.797. The molecular weight excluding hydrogens is 296 g/mol. The smallest absolute Gasteiger partial charge is 0.269 e. The number of hydrogen-bond acceptors (Lipinski definition) is 2. The highest BCUT2D eigenvalue weighted by molar-refractivity contribution is 6.44. The molecule has 3 N–H and O–H groups in total. The van der Waals surface area contributed by atoms with Crippen molar-refractivity contribution in [3.63, 3.8) is 0 Å². The number of nitrogens with one attached hydrogen (secondary N) is 3. The van der Waals surface area contributed by atoms with Crippen molar-refractivity contribution < 1.29 is 4.79 Å². The van der Waals surface area contributed by atoms with Crippen LogP contribution in [0.4, 0.5) is 0 Å². The van der Waals surface area contributed by atoms with Crippen LogP contribution >= 0.6 is 34.8 Å². The van der Waals surface area contributed by atoms with Gasteiger partial charge in [-0.1, -0.05) is 23.2 Å². The molecular formula is C11H14Cl3N3O. The monoisotopic (exact) mass is 309 g/mol. The highest BCUT2D eigenvalue weighted by atomic mass is 35.5. The molecule has 0 spiro atoms. The summed E-state index contributed by atoms with van der Waals surface area (Å²) in [6, 6.07) is -0.0566. The average Bonchev–Trinajstić information content (AvgIpc) is 2.60. The van der Waals surface area contributed by atoms with E-state index in [1.807, 2.05) is 0 Å². The third kappa shape index (κ3) is 2.77. The van der Waals surface area contributed by atoms with Crippen molar-refractivity contribution in [2.75, 3.05) is 13.1 Å². The van der Waals surface area contributed by atoms with Gasteiger partial charge in [-0.3, -0.25) is 4.79 Å². The van der Waals surface area contributed by atoms with Gasteiger partial charge in [-0.2, -0.15) is 0 Å². The zero-order valence-electron chi connectivity index (χ0n) is 9.82. The first-order chi connectivity index (χ1) is 8.50. The molecule has 2 rings (SSSR count). The van der Waals surface area contributed by atoms with Crippen molar-refractivity contribution in [3.8, 4) is 0 Å². The zero-order valence-corrected chi connectivity index (χ0v) is 12.1. The molecule has 0 saturated carbocycles. The van der Waals surface area contributed by atoms with Crippen LogP contribution in [0.15, 0.2) is 0 Å². The van der Waals surface area contributed by atoms with Crippen molar-refractivity contribution in [2.45, 2.75) is 24.8 Å². The van der Waals surface area contributed by atoms with Crippen LogP contribution in [-0.4, -0.2) is 35.4 Å². The first-order valence-electron chi connectivity index (χ1n) is 5.70. The molecule has 18 heavy (non-hydrogen) atoms. The van der Waals surface area contributed by atoms with E-state index in [9.17, 15) is 4.79 Å². The van der Waals surface area contributed by atoms with Crippen LogP contribution in [0, 0.1) is 6.92 Å². The van der Waals surface area contributed by atoms with Gasteiger partial charge in [-0.05, 0) is 19.9 Å². The first-order valence-corrected chi connectivity index (χ1v) is 6.89. The van der Waals surface area contributed by atoms with Crippen molar-refractivity contribution >= 4 is 40.7 Å². The molecule has 1 amide bonds. The van der Waals surface area contributed by atoms with Gasteiger partial charge in [-0.15, -0.1) is 11.6 Å². The van der Waals surface area contributed by atoms with Gasteiger partial charge in [0.25, 0.3) is 5.91 Å². The summed E-state index contributed by atoms with van der Waals surface area (Å²) in [6.45, 7) is 3.29. The maximum atomic E-state index is 12.1. The Kier molecular flexibility index (Phi) is 4.43. The minimum absolute atomic E-state index is 0.0566. The van der Waals surface area contributed by atoms with Crippen LogP contribution in [0.2, 0.25) is 10.0 Å². The Morgan fingerprint density at radius 3 is 2.67 bits per heavy atom. The van der Waals surface area contributed by atoms with E-state index in [2.05, 4.69) is 15.6 Å². The fourth-order valence-electron chi connectivity index (χ4n) is 1.95. The number of aromatic nitrogens is 1. The quantitative estimate of drug-likeness (QED) is 0.734. The number of halogens is 3. The number of H-pyrrole nitrogens is 1. The van der Waals surface area contributed by atoms with E-state index < -0.39 is 0 Å². The number of aromatic amines is 1. The third-order valence-electron chi connectivity index (χ3n) is 3.01. The minimum atomic E-state index is -0.271. The summed E-state index contributed by atoms with van der Waals surface area (Å²) in [7, 11) is 0. The third-order valence-corrected chi connectivity index (χ3v) is 4.41. The lowest BCUT2D eigenvalue weighted by atomic mass is 10.1. The second-order valence-electron chi connectivity index (χ2n) is 4.34. The summed E-state index contributed by atoms with van der Waals surface area (Å²) in [4.78, 5) is 15.0. The minimum Gasteiger partial charge on any atom is -0.352 e. The number of carbonyl (C=O) groups is 1. The number of aryl methyl sites for hydroxylation is 1. The molecule has 0 radical (unpaired) electrons. The maximum absolute atomic E-state index is 12.1. The summed E-state index contributed by atoms with van der Waals surface area (Å²) >= 11 is 18.1. The standard InChI is InChI=1S/C11H14Cl3N3O/c1-5-8(13)9(14)10(16-5)11(18)17-7-2-3-15-4-6(7)12/h6-7,15-16H,2-4H2,1H3,(H,17,18)/t6-,7+/m0/s1. The fourth-order valence-corrected chi connectivity index (χ4v) is 2.67. The Morgan fingerprint density at radius 1 is 1.39 bits per heavy atom. The first kappa shape index (κ1) is 14.0. The SMILES string of the molecule is Cc1[nH]c(C(=O)N[C@@H]2CCNC[C@@H]2Cl)c(Cl)c1Cl. The van der Waals surface area contributed by atoms with E-state index in [0.29, 0.717) is 23.0 Å². The van der Waals surface area contributed by atoms with Crippen LogP contribution in [0.3, 0.4) is 0 Å². The molecule has 4 nitrogen and oxygen atoms in total. The van der Waals surface area contributed by atoms with Gasteiger partial charge in [0.05, 0.1) is 15.4 Å². The Hall–Kier alpha value is -0.420. The fraction of sp³-hybridized carbons (Fsp3) is 0.545. The maximum Gasteiger partial charge on any atom is 0.269 e. The molecule has 1 aromatic rings. The number of alkyl halides is 1. The van der Waals surface area contributed by atoms with Gasteiger partial charge in [0.1, 0.15) is 5.69 Å². The van der Waals surface area contributed by atoms with Crippen LogP contribution < -0.4 is 10.6 Å². The lowest BCUT2D eigenvalue weighted by Crippen LogP contribution is -2.50. The number of hydrogen-bond donors (Lipinski definition) is 3. The van der Waals surface area contributed by atoms with E-state index in [0.717, 1.165) is 13.0 Å². The zero-order chi connectivity index (χ0) is 13.3. The van der Waals surface area contributed by atoms with Gasteiger partial charge in [0, 0.05) is 18.3 Å². The van der Waals surface area contributed by atoms with Gasteiger partial charge in [0.15, 0.2) is 0 Å². The molecule has 0 aliphatic carbocycles. The van der Waals surface area contributed by atoms with Crippen molar-refractivity contribution in [1.29, 1.82) is 0 Å². The Morgan fingerprint density at radius 2 is 2.11 bits per heavy atom. The van der Waals surface area contributed by atoms with Crippen molar-refractivity contribution in [1.82, 2.24) is 15.6 Å². The molecule has 1 saturated heterocycles. The highest BCUT2D eigenvalue weighted by Gasteiger charge is 2.26. The van der Waals surface area contributed by atoms with Gasteiger partial charge in [-0.25, -0.2) is 0 Å². The largest absolute Gasteiger partial charge is 0.352 e. The Bertz CT molecular complexity index is 461. The molecule has 1 aliphatic heterocycles. The Labute approximate surface area is 120 Å². The molecule has 2 heterocycles. The molecule has 0 aromatic carbocycles. The van der Waals surface area contributed by atoms with E-state index >= 15 is 0 Å². The molecule has 1 aliphatic rings. The summed E-state index contributed by atoms with van der Waals surface area (Å²) in [5.74, 6) is -0.271. The molecule has 0 unspecified atom stereocenters. The second kappa shape index (κ2) is 5.70. The molecule has 1 fully saturated rings. The second-order valence-corrected chi connectivity index (χ2v) is 5.66. The molecule has 7 heteroatoms. The topological polar surface area (TPSA) is 56.9 Å². The van der Waals surface area contributed by atoms with Gasteiger partial charge >= 0.3 is 0 Å². The van der Waals surface area contributed by atoms with Gasteiger partial charge in [0.2, 0.25) is 0 Å². The Balaban J connectivity index is 2.09. The number of carbonyl (C=O) groups excluding carboxylic acids is 1. The highest BCUT2D eigenvalue weighted by Crippen LogP contribution is 2.29. The summed E-state index contributed by atoms with van der Waals surface area (Å²) in [5, 5.41) is 6.57. The number of amides is 1. The van der Waals surface area contributed by atoms with E-state index in [-0.39, 0.29) is 22.3 Å². The normalized spacial score (nSPS) is 24.0. The molecule has 100 valence electrons. The van der Waals surface area contributed by atoms with Crippen molar-refractivity contribution in [3.05, 3.63) is 21.4 Å². The molecule has 1 aromatic heterocycles. The van der Waals surface area contributed by atoms with Crippen molar-refractivity contribution in [2.24, 2.45) is 0 Å². The molecule has 0 bridgehead atoms. The summed E-state index contributed by atoms with van der Waals surface area (Å²) in [5.41, 5.74) is 0.973. The number of piperidine rings is 1. The lowest BCUT2D eigenvalue weighted by molar-refractivity contribution is 0.0926. The number of rotatable bonds is 2. The summed E-state index contributed by atoms with van der Waals surface area (Å²) < 4.78 is 0. The predicted octanol–water partition coefficient (Wildman–Crippen LogP) is 2.33. The average molecular weight is 311 g/mol. The van der Waals surface area contributed by atoms with Crippen LogP contribution in [-0.2, 0) is 0 Å². The van der Waals surface area contributed by atoms with E-state index in [1.165, 1.54) is 0 Å². The van der Waals surface area contributed by atoms with Crippen LogP contribution in [0.5, 0.6) is 0 Å². The van der Waals surface area contributed by atoms with Crippen LogP contribution in [0.1, 0.15) is 22.6 Å². The van der Waals surface area contributed by atoms with Crippen LogP contribution in [0.25, 0.3) is 0 Å². The lowest BCUT2D eigenvalue weighted by Gasteiger charge is -2.28. The predicted molar refractivity (Wildman–Crippen MR) is 73.9 cm³/mol. The van der Waals surface area contributed by atoms with E-state index in [4.69, 9.17) is 34.8 Å². The van der Waals surface area contributed by atoms with E-state index in [1.54, 1.807) is 6.92 Å². The van der Waals surface area contributed by atoms with Gasteiger partial charge < -0.3 is 15.6 Å². The molecule has 2 atom stereocenters.